The lowest BCUT2D eigenvalue weighted by molar-refractivity contribution is -0.159. The molecule has 1 aromatic heterocycles. The number of methoxy groups -OCH3 is 1. The van der Waals surface area contributed by atoms with Crippen LogP contribution in [0.3, 0.4) is 0 Å². The van der Waals surface area contributed by atoms with Crippen molar-refractivity contribution in [2.24, 2.45) is 0 Å². The molecule has 0 radical (unpaired) electrons. The van der Waals surface area contributed by atoms with Crippen LogP contribution in [0.2, 0.25) is 0 Å². The second-order valence-corrected chi connectivity index (χ2v) is 7.92. The highest BCUT2D eigenvalue weighted by Crippen LogP contribution is 2.29. The Kier molecular flexibility index (Phi) is 9.47. The standard InChI is InChI=1S/C24H26N2O4.C2H2O4/c1-28-21-10-9-20(16-23(21)30-18-19-6-3-2-4-7-19)17-25-11-13-26(14-12-25)24(27)22-8-5-15-29-22;3-1(4)2(5)6/h2-10,15-16H,11-14,17-18H2,1H3;(H,3,4)(H,5,6). The monoisotopic (exact) mass is 496 g/mol. The fourth-order valence-corrected chi connectivity index (χ4v) is 3.59. The number of rotatable bonds is 7. The van der Waals surface area contributed by atoms with Crippen molar-refractivity contribution in [3.8, 4) is 11.5 Å². The lowest BCUT2D eigenvalue weighted by Gasteiger charge is -2.34. The van der Waals surface area contributed by atoms with Crippen molar-refractivity contribution in [2.45, 2.75) is 13.2 Å². The van der Waals surface area contributed by atoms with E-state index >= 15 is 0 Å². The molecule has 1 amide bonds. The Hall–Kier alpha value is -4.31. The number of nitrogens with zero attached hydrogens (tertiary/aromatic N) is 2. The molecule has 3 aromatic rings. The summed E-state index contributed by atoms with van der Waals surface area (Å²) in [6.45, 7) is 4.31. The summed E-state index contributed by atoms with van der Waals surface area (Å²) < 4.78 is 16.7. The number of carbonyl (C=O) groups excluding carboxylic acids is 1. The minimum absolute atomic E-state index is 0.0410. The highest BCUT2D eigenvalue weighted by Gasteiger charge is 2.23. The van der Waals surface area contributed by atoms with E-state index in [1.165, 1.54) is 6.26 Å². The van der Waals surface area contributed by atoms with Crippen LogP contribution in [0.15, 0.2) is 71.3 Å². The normalized spacial score (nSPS) is 13.3. The number of amides is 1. The first-order valence-electron chi connectivity index (χ1n) is 11.2. The molecule has 0 aliphatic carbocycles. The Labute approximate surface area is 208 Å². The molecule has 2 N–H and O–H groups in total. The number of aliphatic carboxylic acids is 2. The van der Waals surface area contributed by atoms with Gasteiger partial charge in [0, 0.05) is 32.7 Å². The third-order valence-electron chi connectivity index (χ3n) is 5.45. The smallest absolute Gasteiger partial charge is 0.414 e. The van der Waals surface area contributed by atoms with Gasteiger partial charge in [0.2, 0.25) is 0 Å². The van der Waals surface area contributed by atoms with E-state index in [1.807, 2.05) is 47.4 Å². The van der Waals surface area contributed by atoms with Gasteiger partial charge in [0.05, 0.1) is 13.4 Å². The van der Waals surface area contributed by atoms with E-state index in [9.17, 15) is 4.79 Å². The first-order chi connectivity index (χ1) is 17.4. The molecule has 2 aromatic carbocycles. The first kappa shape index (κ1) is 26.3. The van der Waals surface area contributed by atoms with E-state index in [4.69, 9.17) is 33.7 Å². The third-order valence-corrected chi connectivity index (χ3v) is 5.45. The number of hydrogen-bond acceptors (Lipinski definition) is 7. The van der Waals surface area contributed by atoms with Crippen LogP contribution in [0.4, 0.5) is 0 Å². The van der Waals surface area contributed by atoms with Crippen LogP contribution in [-0.4, -0.2) is 71.1 Å². The zero-order valence-corrected chi connectivity index (χ0v) is 19.8. The van der Waals surface area contributed by atoms with Crippen LogP contribution >= 0.6 is 0 Å². The van der Waals surface area contributed by atoms with Crippen molar-refractivity contribution in [1.82, 2.24) is 9.80 Å². The van der Waals surface area contributed by atoms with Crippen LogP contribution in [0.25, 0.3) is 0 Å². The van der Waals surface area contributed by atoms with E-state index in [0.29, 0.717) is 25.5 Å². The van der Waals surface area contributed by atoms with Gasteiger partial charge in [0.25, 0.3) is 5.91 Å². The Morgan fingerprint density at radius 2 is 1.56 bits per heavy atom. The van der Waals surface area contributed by atoms with Gasteiger partial charge in [0.1, 0.15) is 6.61 Å². The summed E-state index contributed by atoms with van der Waals surface area (Å²) in [5, 5.41) is 14.8. The fourth-order valence-electron chi connectivity index (χ4n) is 3.59. The minimum atomic E-state index is -1.82. The lowest BCUT2D eigenvalue weighted by Crippen LogP contribution is -2.48. The van der Waals surface area contributed by atoms with Crippen LogP contribution in [0.5, 0.6) is 11.5 Å². The molecular formula is C26H28N2O8. The maximum absolute atomic E-state index is 12.4. The van der Waals surface area contributed by atoms with Gasteiger partial charge >= 0.3 is 11.9 Å². The fraction of sp³-hybridized carbons (Fsp3) is 0.269. The number of carbonyl (C=O) groups is 3. The maximum atomic E-state index is 12.4. The van der Waals surface area contributed by atoms with Crippen molar-refractivity contribution in [3.63, 3.8) is 0 Å². The number of hydrogen-bond donors (Lipinski definition) is 2. The molecule has 1 aliphatic heterocycles. The number of carboxylic acid groups (broad SMARTS) is 2. The molecule has 10 nitrogen and oxygen atoms in total. The Balaban J connectivity index is 0.000000538. The summed E-state index contributed by atoms with van der Waals surface area (Å²) in [6, 6.07) is 19.6. The zero-order chi connectivity index (χ0) is 25.9. The van der Waals surface area contributed by atoms with Crippen LogP contribution < -0.4 is 9.47 Å². The predicted molar refractivity (Wildman–Crippen MR) is 129 cm³/mol. The van der Waals surface area contributed by atoms with Crippen molar-refractivity contribution in [2.75, 3.05) is 33.3 Å². The Morgan fingerprint density at radius 3 is 2.14 bits per heavy atom. The minimum Gasteiger partial charge on any atom is -0.493 e. The number of benzene rings is 2. The highest BCUT2D eigenvalue weighted by molar-refractivity contribution is 6.27. The Bertz CT molecular complexity index is 1130. The van der Waals surface area contributed by atoms with Gasteiger partial charge in [-0.25, -0.2) is 9.59 Å². The molecule has 4 rings (SSSR count). The van der Waals surface area contributed by atoms with Crippen molar-refractivity contribution >= 4 is 17.8 Å². The maximum Gasteiger partial charge on any atom is 0.414 e. The number of furan rings is 1. The average molecular weight is 497 g/mol. The average Bonchev–Trinajstić information content (AvgIpc) is 3.44. The Morgan fingerprint density at radius 1 is 0.861 bits per heavy atom. The highest BCUT2D eigenvalue weighted by atomic mass is 16.5. The van der Waals surface area contributed by atoms with Gasteiger partial charge in [-0.05, 0) is 35.4 Å². The van der Waals surface area contributed by atoms with E-state index < -0.39 is 11.9 Å². The molecular weight excluding hydrogens is 468 g/mol. The largest absolute Gasteiger partial charge is 0.493 e. The molecule has 190 valence electrons. The molecule has 1 saturated heterocycles. The quantitative estimate of drug-likeness (QED) is 0.474. The molecule has 1 fully saturated rings. The molecule has 0 atom stereocenters. The topological polar surface area (TPSA) is 130 Å². The van der Waals surface area contributed by atoms with Gasteiger partial charge < -0.3 is 29.0 Å². The van der Waals surface area contributed by atoms with Gasteiger partial charge in [0.15, 0.2) is 17.3 Å². The second kappa shape index (κ2) is 13.0. The van der Waals surface area contributed by atoms with E-state index in [-0.39, 0.29) is 5.91 Å². The van der Waals surface area contributed by atoms with Crippen molar-refractivity contribution in [3.05, 3.63) is 83.8 Å². The summed E-state index contributed by atoms with van der Waals surface area (Å²) in [5.74, 6) is -1.82. The number of piperazine rings is 1. The summed E-state index contributed by atoms with van der Waals surface area (Å²) in [5.41, 5.74) is 2.27. The summed E-state index contributed by atoms with van der Waals surface area (Å²) >= 11 is 0. The number of ether oxygens (including phenoxy) is 2. The van der Waals surface area contributed by atoms with Gasteiger partial charge in [-0.15, -0.1) is 0 Å². The summed E-state index contributed by atoms with van der Waals surface area (Å²) in [7, 11) is 1.65. The van der Waals surface area contributed by atoms with Gasteiger partial charge in [-0.3, -0.25) is 9.69 Å². The molecule has 1 aliphatic rings. The molecule has 0 unspecified atom stereocenters. The third kappa shape index (κ3) is 7.60. The van der Waals surface area contributed by atoms with Gasteiger partial charge in [-0.1, -0.05) is 36.4 Å². The SMILES string of the molecule is COc1ccc(CN2CCN(C(=O)c3ccco3)CC2)cc1OCc1ccccc1.O=C(O)C(=O)O. The van der Waals surface area contributed by atoms with Crippen molar-refractivity contribution in [1.29, 1.82) is 0 Å². The predicted octanol–water partition coefficient (Wildman–Crippen LogP) is 2.98. The van der Waals surface area contributed by atoms with E-state index in [1.54, 1.807) is 19.2 Å². The lowest BCUT2D eigenvalue weighted by atomic mass is 10.1. The second-order valence-electron chi connectivity index (χ2n) is 7.92. The zero-order valence-electron chi connectivity index (χ0n) is 19.8. The number of carboxylic acids is 2. The van der Waals surface area contributed by atoms with Crippen LogP contribution in [-0.2, 0) is 22.7 Å². The summed E-state index contributed by atoms with van der Waals surface area (Å²) in [4.78, 5) is 34.8. The van der Waals surface area contributed by atoms with E-state index in [0.717, 1.165) is 42.3 Å². The van der Waals surface area contributed by atoms with Crippen LogP contribution in [0, 0.1) is 0 Å². The van der Waals surface area contributed by atoms with Crippen LogP contribution in [0.1, 0.15) is 21.7 Å². The summed E-state index contributed by atoms with van der Waals surface area (Å²) in [6.07, 6.45) is 1.53. The molecule has 2 heterocycles. The molecule has 0 spiro atoms. The van der Waals surface area contributed by atoms with Crippen molar-refractivity contribution < 1.29 is 38.5 Å². The van der Waals surface area contributed by atoms with E-state index in [2.05, 4.69) is 11.0 Å². The molecule has 10 heteroatoms. The molecule has 0 saturated carbocycles. The molecule has 36 heavy (non-hydrogen) atoms. The van der Waals surface area contributed by atoms with Gasteiger partial charge in [-0.2, -0.15) is 0 Å². The first-order valence-corrected chi connectivity index (χ1v) is 11.2. The molecule has 0 bridgehead atoms.